The summed E-state index contributed by atoms with van der Waals surface area (Å²) in [5.74, 6) is 6.44. The summed E-state index contributed by atoms with van der Waals surface area (Å²) in [7, 11) is 0. The van der Waals surface area contributed by atoms with Gasteiger partial charge in [-0.3, -0.25) is 4.99 Å². The maximum atomic E-state index is 5.96. The third-order valence-corrected chi connectivity index (χ3v) is 2.04. The Morgan fingerprint density at radius 1 is 1.40 bits per heavy atom. The molecule has 1 aromatic rings. The van der Waals surface area contributed by atoms with Crippen LogP contribution in [0.3, 0.4) is 0 Å². The maximum Gasteiger partial charge on any atom is 0.0997 e. The van der Waals surface area contributed by atoms with Gasteiger partial charge in [0.05, 0.1) is 6.54 Å². The van der Waals surface area contributed by atoms with Crippen LogP contribution < -0.4 is 0 Å². The fraction of sp³-hybridized carbons (Fsp3) is 0.308. The Balaban J connectivity index is 2.53. The summed E-state index contributed by atoms with van der Waals surface area (Å²) < 4.78 is 0. The number of aliphatic imine (C=N–C) groups is 1. The topological polar surface area (TPSA) is 12.4 Å². The lowest BCUT2D eigenvalue weighted by atomic mass is 10.2. The van der Waals surface area contributed by atoms with Gasteiger partial charge in [0.15, 0.2) is 0 Å². The highest BCUT2D eigenvalue weighted by Crippen LogP contribution is 2.12. The second-order valence-corrected chi connectivity index (χ2v) is 3.87. The molecule has 1 rings (SSSR count). The van der Waals surface area contributed by atoms with Crippen LogP contribution in [-0.4, -0.2) is 12.8 Å². The van der Waals surface area contributed by atoms with Crippen LogP contribution in [0, 0.1) is 17.8 Å². The van der Waals surface area contributed by atoms with E-state index in [4.69, 9.17) is 11.6 Å². The number of hydrogen-bond acceptors (Lipinski definition) is 1. The minimum Gasteiger partial charge on any atom is -0.280 e. The summed E-state index contributed by atoms with van der Waals surface area (Å²) in [6, 6.07) is 7.62. The van der Waals surface area contributed by atoms with Gasteiger partial charge in [0.2, 0.25) is 0 Å². The number of halogens is 1. The van der Waals surface area contributed by atoms with Crippen LogP contribution in [-0.2, 0) is 0 Å². The molecular formula is C13H14ClN. The standard InChI is InChI=1S/C13H14ClN/c1-11(2)6-5-9-15-10-12-7-3-4-8-13(12)14/h3-4,7-8,10-11H,9H2,1-2H3. The SMILES string of the molecule is CC(C)C#CCN=Cc1ccccc1Cl. The molecule has 0 aliphatic carbocycles. The Labute approximate surface area is 96.2 Å². The molecule has 15 heavy (non-hydrogen) atoms. The first kappa shape index (κ1) is 11.8. The first-order chi connectivity index (χ1) is 7.20. The van der Waals surface area contributed by atoms with Crippen LogP contribution in [0.15, 0.2) is 29.3 Å². The Morgan fingerprint density at radius 2 is 2.13 bits per heavy atom. The summed E-state index contributed by atoms with van der Waals surface area (Å²) in [5.41, 5.74) is 0.936. The van der Waals surface area contributed by atoms with Crippen LogP contribution in [0.5, 0.6) is 0 Å². The van der Waals surface area contributed by atoms with Crippen LogP contribution in [0.1, 0.15) is 19.4 Å². The van der Waals surface area contributed by atoms with Gasteiger partial charge in [0.1, 0.15) is 0 Å². The summed E-state index contributed by atoms with van der Waals surface area (Å²) in [6.45, 7) is 4.65. The zero-order valence-corrected chi connectivity index (χ0v) is 9.75. The molecule has 0 amide bonds. The number of hydrogen-bond donors (Lipinski definition) is 0. The van der Waals surface area contributed by atoms with Gasteiger partial charge >= 0.3 is 0 Å². The molecule has 2 heteroatoms. The van der Waals surface area contributed by atoms with E-state index < -0.39 is 0 Å². The molecule has 0 bridgehead atoms. The van der Waals surface area contributed by atoms with Crippen LogP contribution in [0.4, 0.5) is 0 Å². The van der Waals surface area contributed by atoms with Crippen molar-refractivity contribution in [1.29, 1.82) is 0 Å². The first-order valence-corrected chi connectivity index (χ1v) is 5.30. The third kappa shape index (κ3) is 4.67. The Hall–Kier alpha value is -1.26. The lowest BCUT2D eigenvalue weighted by Gasteiger charge is -1.94. The van der Waals surface area contributed by atoms with E-state index in [1.54, 1.807) is 6.21 Å². The Bertz CT molecular complexity index is 396. The molecule has 0 aliphatic heterocycles. The lowest BCUT2D eigenvalue weighted by molar-refractivity contribution is 0.865. The minimum atomic E-state index is 0.403. The molecule has 0 saturated heterocycles. The minimum absolute atomic E-state index is 0.403. The van der Waals surface area contributed by atoms with Gasteiger partial charge in [-0.25, -0.2) is 0 Å². The molecule has 0 spiro atoms. The van der Waals surface area contributed by atoms with Crippen molar-refractivity contribution in [1.82, 2.24) is 0 Å². The van der Waals surface area contributed by atoms with Crippen molar-refractivity contribution in [2.45, 2.75) is 13.8 Å². The van der Waals surface area contributed by atoms with E-state index in [1.807, 2.05) is 24.3 Å². The van der Waals surface area contributed by atoms with E-state index in [1.165, 1.54) is 0 Å². The summed E-state index contributed by atoms with van der Waals surface area (Å²) in [6.07, 6.45) is 1.76. The summed E-state index contributed by atoms with van der Waals surface area (Å²) in [5, 5.41) is 0.720. The molecule has 0 aliphatic rings. The molecule has 0 atom stereocenters. The van der Waals surface area contributed by atoms with Crippen molar-refractivity contribution >= 4 is 17.8 Å². The van der Waals surface area contributed by atoms with E-state index in [0.29, 0.717) is 12.5 Å². The van der Waals surface area contributed by atoms with Gasteiger partial charge in [0, 0.05) is 22.7 Å². The molecule has 0 heterocycles. The maximum absolute atomic E-state index is 5.96. The molecule has 0 aromatic heterocycles. The smallest absolute Gasteiger partial charge is 0.0997 e. The highest BCUT2D eigenvalue weighted by atomic mass is 35.5. The fourth-order valence-corrected chi connectivity index (χ4v) is 1.20. The Morgan fingerprint density at radius 3 is 2.80 bits per heavy atom. The lowest BCUT2D eigenvalue weighted by Crippen LogP contribution is -1.84. The van der Waals surface area contributed by atoms with Gasteiger partial charge in [-0.2, -0.15) is 0 Å². The average Bonchev–Trinajstić information content (AvgIpc) is 2.20. The molecule has 1 nitrogen and oxygen atoms in total. The van der Waals surface area contributed by atoms with Gasteiger partial charge in [0.25, 0.3) is 0 Å². The summed E-state index contributed by atoms with van der Waals surface area (Å²) in [4.78, 5) is 4.19. The molecule has 0 fully saturated rings. The fourth-order valence-electron chi connectivity index (χ4n) is 1.02. The summed E-state index contributed by atoms with van der Waals surface area (Å²) >= 11 is 5.96. The largest absolute Gasteiger partial charge is 0.280 e. The molecule has 0 saturated carbocycles. The second kappa shape index (κ2) is 6.27. The van der Waals surface area contributed by atoms with Crippen LogP contribution >= 0.6 is 11.6 Å². The predicted octanol–water partition coefficient (Wildman–Crippen LogP) is 3.42. The monoisotopic (exact) mass is 219 g/mol. The van der Waals surface area contributed by atoms with Crippen molar-refractivity contribution in [2.24, 2.45) is 10.9 Å². The van der Waals surface area contributed by atoms with E-state index >= 15 is 0 Å². The number of benzene rings is 1. The first-order valence-electron chi connectivity index (χ1n) is 4.93. The van der Waals surface area contributed by atoms with E-state index in [2.05, 4.69) is 30.7 Å². The van der Waals surface area contributed by atoms with Crippen molar-refractivity contribution in [3.63, 3.8) is 0 Å². The van der Waals surface area contributed by atoms with Crippen molar-refractivity contribution in [2.75, 3.05) is 6.54 Å². The van der Waals surface area contributed by atoms with Crippen molar-refractivity contribution in [3.8, 4) is 11.8 Å². The zero-order valence-electron chi connectivity index (χ0n) is 9.00. The molecular weight excluding hydrogens is 206 g/mol. The molecule has 78 valence electrons. The van der Waals surface area contributed by atoms with Gasteiger partial charge in [-0.15, -0.1) is 0 Å². The zero-order chi connectivity index (χ0) is 11.1. The molecule has 0 N–H and O–H groups in total. The van der Waals surface area contributed by atoms with Crippen LogP contribution in [0.25, 0.3) is 0 Å². The van der Waals surface area contributed by atoms with Gasteiger partial charge in [-0.1, -0.05) is 55.5 Å². The van der Waals surface area contributed by atoms with Crippen LogP contribution in [0.2, 0.25) is 5.02 Å². The molecule has 0 unspecified atom stereocenters. The normalized spacial score (nSPS) is 10.4. The highest BCUT2D eigenvalue weighted by Gasteiger charge is 1.92. The third-order valence-electron chi connectivity index (χ3n) is 1.70. The average molecular weight is 220 g/mol. The number of rotatable bonds is 2. The van der Waals surface area contributed by atoms with Gasteiger partial charge in [-0.05, 0) is 6.07 Å². The van der Waals surface area contributed by atoms with E-state index in [-0.39, 0.29) is 0 Å². The molecule has 1 aromatic carbocycles. The van der Waals surface area contributed by atoms with Crippen molar-refractivity contribution < 1.29 is 0 Å². The quantitative estimate of drug-likeness (QED) is 0.534. The predicted molar refractivity (Wildman–Crippen MR) is 66.5 cm³/mol. The van der Waals surface area contributed by atoms with Gasteiger partial charge < -0.3 is 0 Å². The second-order valence-electron chi connectivity index (χ2n) is 3.47. The number of nitrogens with zero attached hydrogens (tertiary/aromatic N) is 1. The van der Waals surface area contributed by atoms with E-state index in [9.17, 15) is 0 Å². The molecule has 0 radical (unpaired) electrons. The van der Waals surface area contributed by atoms with E-state index in [0.717, 1.165) is 10.6 Å². The Kier molecular flexibility index (Phi) is 4.93. The highest BCUT2D eigenvalue weighted by molar-refractivity contribution is 6.33. The van der Waals surface area contributed by atoms with Crippen molar-refractivity contribution in [3.05, 3.63) is 34.9 Å².